The standard InChI is InChI=1S/C18H14N4O2/c23-18(24)14-7-5-13(6-8-14)12-22-16-15(4-3-9-19-16)17(20-22)21-10-1-2-11-21/h1-11H,12H2,(H,23,24). The lowest BCUT2D eigenvalue weighted by Crippen LogP contribution is -2.04. The number of hydrogen-bond acceptors (Lipinski definition) is 3. The Morgan fingerprint density at radius 2 is 1.79 bits per heavy atom. The second-order valence-corrected chi connectivity index (χ2v) is 5.45. The average Bonchev–Trinajstić information content (AvgIpc) is 3.24. The van der Waals surface area contributed by atoms with E-state index < -0.39 is 5.97 Å². The molecule has 0 bridgehead atoms. The number of carbonyl (C=O) groups is 1. The second-order valence-electron chi connectivity index (χ2n) is 5.45. The third-order valence-electron chi connectivity index (χ3n) is 3.87. The van der Waals surface area contributed by atoms with Crippen molar-refractivity contribution < 1.29 is 9.90 Å². The van der Waals surface area contributed by atoms with E-state index in [9.17, 15) is 4.79 Å². The van der Waals surface area contributed by atoms with Crippen LogP contribution >= 0.6 is 0 Å². The molecule has 0 atom stereocenters. The topological polar surface area (TPSA) is 72.9 Å². The molecule has 118 valence electrons. The maximum Gasteiger partial charge on any atom is 0.335 e. The maximum atomic E-state index is 10.9. The van der Waals surface area contributed by atoms with E-state index in [1.54, 1.807) is 30.5 Å². The molecule has 0 aliphatic rings. The summed E-state index contributed by atoms with van der Waals surface area (Å²) in [5, 5.41) is 14.6. The van der Waals surface area contributed by atoms with Gasteiger partial charge in [0, 0.05) is 18.6 Å². The van der Waals surface area contributed by atoms with Crippen LogP contribution in [-0.2, 0) is 6.54 Å². The zero-order valence-corrected chi connectivity index (χ0v) is 12.7. The summed E-state index contributed by atoms with van der Waals surface area (Å²) in [7, 11) is 0. The number of hydrogen-bond donors (Lipinski definition) is 1. The van der Waals surface area contributed by atoms with Gasteiger partial charge >= 0.3 is 5.97 Å². The van der Waals surface area contributed by atoms with Crippen LogP contribution in [0.1, 0.15) is 15.9 Å². The molecule has 0 radical (unpaired) electrons. The molecule has 0 fully saturated rings. The minimum atomic E-state index is -0.928. The van der Waals surface area contributed by atoms with Crippen LogP contribution in [0, 0.1) is 0 Å². The summed E-state index contributed by atoms with van der Waals surface area (Å²) in [5.41, 5.74) is 2.04. The summed E-state index contributed by atoms with van der Waals surface area (Å²) in [5.74, 6) is -0.104. The molecule has 0 saturated heterocycles. The number of aromatic carboxylic acids is 1. The molecule has 1 aromatic carbocycles. The van der Waals surface area contributed by atoms with Gasteiger partial charge in [-0.25, -0.2) is 14.5 Å². The fraction of sp³-hybridized carbons (Fsp3) is 0.0556. The molecule has 1 N–H and O–H groups in total. The highest BCUT2D eigenvalue weighted by atomic mass is 16.4. The largest absolute Gasteiger partial charge is 0.478 e. The van der Waals surface area contributed by atoms with Crippen LogP contribution < -0.4 is 0 Å². The third kappa shape index (κ3) is 2.44. The number of rotatable bonds is 4. The number of carboxylic acid groups (broad SMARTS) is 1. The van der Waals surface area contributed by atoms with Gasteiger partial charge < -0.3 is 9.67 Å². The van der Waals surface area contributed by atoms with Gasteiger partial charge in [0.2, 0.25) is 0 Å². The van der Waals surface area contributed by atoms with E-state index in [0.717, 1.165) is 22.4 Å². The average molecular weight is 318 g/mol. The fourth-order valence-electron chi connectivity index (χ4n) is 2.70. The highest BCUT2D eigenvalue weighted by Gasteiger charge is 2.13. The van der Waals surface area contributed by atoms with Crippen molar-refractivity contribution in [2.45, 2.75) is 6.54 Å². The number of carboxylic acids is 1. The first-order valence-electron chi connectivity index (χ1n) is 7.49. The molecule has 0 spiro atoms. The summed E-state index contributed by atoms with van der Waals surface area (Å²) in [6.45, 7) is 0.523. The first-order valence-corrected chi connectivity index (χ1v) is 7.49. The van der Waals surface area contributed by atoms with Crippen molar-refractivity contribution >= 4 is 17.0 Å². The molecule has 4 rings (SSSR count). The molecule has 3 heterocycles. The van der Waals surface area contributed by atoms with E-state index >= 15 is 0 Å². The van der Waals surface area contributed by atoms with Gasteiger partial charge in [-0.05, 0) is 42.0 Å². The summed E-state index contributed by atoms with van der Waals surface area (Å²) >= 11 is 0. The Bertz CT molecular complexity index is 1000. The molecule has 0 unspecified atom stereocenters. The first-order chi connectivity index (χ1) is 11.7. The Kier molecular flexibility index (Phi) is 3.35. The molecule has 24 heavy (non-hydrogen) atoms. The highest BCUT2D eigenvalue weighted by Crippen LogP contribution is 2.21. The van der Waals surface area contributed by atoms with Crippen molar-refractivity contribution in [1.82, 2.24) is 19.3 Å². The van der Waals surface area contributed by atoms with E-state index in [1.807, 2.05) is 45.9 Å². The number of aromatic nitrogens is 4. The minimum Gasteiger partial charge on any atom is -0.478 e. The predicted octanol–water partition coefficient (Wildman–Crippen LogP) is 2.97. The van der Waals surface area contributed by atoms with Crippen LogP contribution in [-0.4, -0.2) is 30.4 Å². The minimum absolute atomic E-state index is 0.273. The zero-order chi connectivity index (χ0) is 16.5. The number of benzene rings is 1. The molecule has 4 aromatic rings. The predicted molar refractivity (Wildman–Crippen MR) is 89.4 cm³/mol. The van der Waals surface area contributed by atoms with Crippen molar-refractivity contribution in [3.8, 4) is 5.82 Å². The summed E-state index contributed by atoms with van der Waals surface area (Å²) in [6.07, 6.45) is 5.63. The van der Waals surface area contributed by atoms with E-state index in [4.69, 9.17) is 5.11 Å². The summed E-state index contributed by atoms with van der Waals surface area (Å²) < 4.78 is 3.79. The molecule has 0 aliphatic carbocycles. The molecule has 6 nitrogen and oxygen atoms in total. The SMILES string of the molecule is O=C(O)c1ccc(Cn2nc(-n3cccc3)c3cccnc32)cc1. The van der Waals surface area contributed by atoms with Gasteiger partial charge in [0.25, 0.3) is 0 Å². The van der Waals surface area contributed by atoms with Gasteiger partial charge in [-0.2, -0.15) is 5.10 Å². The van der Waals surface area contributed by atoms with Crippen LogP contribution in [0.3, 0.4) is 0 Å². The lowest BCUT2D eigenvalue weighted by Gasteiger charge is -2.03. The summed E-state index contributed by atoms with van der Waals surface area (Å²) in [4.78, 5) is 15.4. The number of pyridine rings is 1. The number of fused-ring (bicyclic) bond motifs is 1. The van der Waals surface area contributed by atoms with Crippen LogP contribution in [0.25, 0.3) is 16.9 Å². The molecule has 6 heteroatoms. The van der Waals surface area contributed by atoms with Crippen molar-refractivity contribution in [2.24, 2.45) is 0 Å². The fourth-order valence-corrected chi connectivity index (χ4v) is 2.70. The quantitative estimate of drug-likeness (QED) is 0.628. The normalized spacial score (nSPS) is 11.0. The monoisotopic (exact) mass is 318 g/mol. The van der Waals surface area contributed by atoms with Gasteiger partial charge in [0.15, 0.2) is 11.5 Å². The van der Waals surface area contributed by atoms with Crippen molar-refractivity contribution in [3.63, 3.8) is 0 Å². The van der Waals surface area contributed by atoms with Crippen LogP contribution in [0.5, 0.6) is 0 Å². The third-order valence-corrected chi connectivity index (χ3v) is 3.87. The smallest absolute Gasteiger partial charge is 0.335 e. The Labute approximate surface area is 137 Å². The van der Waals surface area contributed by atoms with Crippen molar-refractivity contribution in [1.29, 1.82) is 0 Å². The lowest BCUT2D eigenvalue weighted by atomic mass is 10.1. The van der Waals surface area contributed by atoms with E-state index in [1.165, 1.54) is 0 Å². The maximum absolute atomic E-state index is 10.9. The van der Waals surface area contributed by atoms with Crippen molar-refractivity contribution in [3.05, 3.63) is 78.2 Å². The zero-order valence-electron chi connectivity index (χ0n) is 12.7. The van der Waals surface area contributed by atoms with Gasteiger partial charge in [0.1, 0.15) is 0 Å². The Morgan fingerprint density at radius 1 is 1.04 bits per heavy atom. The van der Waals surface area contributed by atoms with E-state index in [2.05, 4.69) is 10.1 Å². The Morgan fingerprint density at radius 3 is 2.50 bits per heavy atom. The Balaban J connectivity index is 1.75. The van der Waals surface area contributed by atoms with Gasteiger partial charge in [-0.3, -0.25) is 0 Å². The van der Waals surface area contributed by atoms with Crippen LogP contribution in [0.15, 0.2) is 67.1 Å². The Hall–Kier alpha value is -3.41. The molecule has 0 saturated carbocycles. The second kappa shape index (κ2) is 5.66. The van der Waals surface area contributed by atoms with E-state index in [-0.39, 0.29) is 5.56 Å². The van der Waals surface area contributed by atoms with Gasteiger partial charge in [-0.1, -0.05) is 12.1 Å². The summed E-state index contributed by atoms with van der Waals surface area (Å²) in [6, 6.07) is 14.6. The van der Waals surface area contributed by atoms with Crippen LogP contribution in [0.2, 0.25) is 0 Å². The highest BCUT2D eigenvalue weighted by molar-refractivity contribution is 5.87. The number of nitrogens with zero attached hydrogens (tertiary/aromatic N) is 4. The lowest BCUT2D eigenvalue weighted by molar-refractivity contribution is 0.0697. The van der Waals surface area contributed by atoms with Crippen molar-refractivity contribution in [2.75, 3.05) is 0 Å². The molecule has 0 amide bonds. The van der Waals surface area contributed by atoms with Crippen LogP contribution in [0.4, 0.5) is 0 Å². The van der Waals surface area contributed by atoms with Gasteiger partial charge in [0.05, 0.1) is 17.5 Å². The first kappa shape index (κ1) is 14.2. The molecular formula is C18H14N4O2. The molecular weight excluding hydrogens is 304 g/mol. The molecule has 3 aromatic heterocycles. The van der Waals surface area contributed by atoms with Gasteiger partial charge in [-0.15, -0.1) is 0 Å². The molecule has 0 aliphatic heterocycles. The van der Waals surface area contributed by atoms with E-state index in [0.29, 0.717) is 6.54 Å².